The van der Waals surface area contributed by atoms with Crippen LogP contribution < -0.4 is 16.0 Å². The van der Waals surface area contributed by atoms with Crippen LogP contribution in [0.15, 0.2) is 73.0 Å². The third-order valence-electron chi connectivity index (χ3n) is 4.85. The predicted molar refractivity (Wildman–Crippen MR) is 114 cm³/mol. The second-order valence-corrected chi connectivity index (χ2v) is 8.08. The minimum Gasteiger partial charge on any atom is -0.486 e. The molecule has 0 atom stereocenters. The summed E-state index contributed by atoms with van der Waals surface area (Å²) in [5, 5.41) is 1.31. The molecule has 0 N–H and O–H groups in total. The highest BCUT2D eigenvalue weighted by atomic mass is 16.5. The van der Waals surface area contributed by atoms with Crippen LogP contribution in [0.25, 0.3) is 33.1 Å². The minimum absolute atomic E-state index is 0.0495. The highest BCUT2D eigenvalue weighted by molar-refractivity contribution is 5.95. The van der Waals surface area contributed by atoms with Crippen LogP contribution in [-0.4, -0.2) is 12.4 Å². The van der Waals surface area contributed by atoms with Gasteiger partial charge in [0.1, 0.15) is 23.5 Å². The zero-order valence-corrected chi connectivity index (χ0v) is 16.9. The Kier molecular flexibility index (Phi) is 4.78. The van der Waals surface area contributed by atoms with Crippen molar-refractivity contribution in [1.82, 2.24) is 0 Å². The minimum atomic E-state index is -0.604. The van der Waals surface area contributed by atoms with Crippen LogP contribution >= 0.6 is 0 Å². The molecule has 0 aliphatic carbocycles. The maximum atomic E-state index is 12.6. The van der Waals surface area contributed by atoms with Crippen LogP contribution in [0.1, 0.15) is 20.8 Å². The first-order valence-corrected chi connectivity index (χ1v) is 9.50. The van der Waals surface area contributed by atoms with Gasteiger partial charge in [-0.05, 0) is 24.3 Å². The van der Waals surface area contributed by atoms with Crippen LogP contribution in [0.5, 0.6) is 5.75 Å². The van der Waals surface area contributed by atoms with Gasteiger partial charge in [0, 0.05) is 33.9 Å². The third kappa shape index (κ3) is 3.76. The molecule has 4 rings (SSSR count). The van der Waals surface area contributed by atoms with Gasteiger partial charge in [0.2, 0.25) is 0 Å². The largest absolute Gasteiger partial charge is 0.486 e. The predicted octanol–water partition coefficient (Wildman–Crippen LogP) is 4.56. The first-order valence-electron chi connectivity index (χ1n) is 9.50. The van der Waals surface area contributed by atoms with E-state index >= 15 is 0 Å². The van der Waals surface area contributed by atoms with Gasteiger partial charge in [-0.25, -0.2) is 9.59 Å². The number of para-hydroxylation sites is 1. The lowest BCUT2D eigenvalue weighted by Gasteiger charge is -2.16. The zero-order valence-electron chi connectivity index (χ0n) is 16.9. The summed E-state index contributed by atoms with van der Waals surface area (Å²) in [4.78, 5) is 36.8. The van der Waals surface area contributed by atoms with E-state index in [1.54, 1.807) is 36.4 Å². The molecule has 0 amide bonds. The third-order valence-corrected chi connectivity index (χ3v) is 4.85. The molecule has 0 unspecified atom stereocenters. The quantitative estimate of drug-likeness (QED) is 0.464. The fraction of sp³-hybridized carbons (Fsp3) is 0.208. The Morgan fingerprint density at radius 3 is 2.43 bits per heavy atom. The smallest absolute Gasteiger partial charge is 0.344 e. The lowest BCUT2D eigenvalue weighted by atomic mass is 9.91. The molecule has 2 heterocycles. The van der Waals surface area contributed by atoms with E-state index in [1.807, 2.05) is 32.9 Å². The summed E-state index contributed by atoms with van der Waals surface area (Å²) in [5.74, 6) is 0.345. The average Bonchev–Trinajstić information content (AvgIpc) is 2.69. The Labute approximate surface area is 171 Å². The van der Waals surface area contributed by atoms with Gasteiger partial charge in [0.05, 0.1) is 5.56 Å². The molecule has 2 aromatic heterocycles. The molecule has 0 radical (unpaired) electrons. The lowest BCUT2D eigenvalue weighted by molar-refractivity contribution is -0.128. The van der Waals surface area contributed by atoms with E-state index in [0.29, 0.717) is 22.3 Å². The van der Waals surface area contributed by atoms with Gasteiger partial charge in [-0.3, -0.25) is 4.79 Å². The highest BCUT2D eigenvalue weighted by Crippen LogP contribution is 2.30. The Hall–Kier alpha value is -3.67. The van der Waals surface area contributed by atoms with Crippen molar-refractivity contribution in [3.63, 3.8) is 0 Å². The van der Waals surface area contributed by atoms with Crippen LogP contribution in [0.2, 0.25) is 0 Å². The Bertz CT molecular complexity index is 1380. The van der Waals surface area contributed by atoms with Gasteiger partial charge in [0.25, 0.3) is 0 Å². The van der Waals surface area contributed by atoms with Crippen molar-refractivity contribution in [1.29, 1.82) is 0 Å². The molecule has 6 heteroatoms. The van der Waals surface area contributed by atoms with Gasteiger partial charge in [-0.15, -0.1) is 0 Å². The zero-order chi connectivity index (χ0) is 21.5. The molecule has 0 aliphatic rings. The van der Waals surface area contributed by atoms with Gasteiger partial charge in [0.15, 0.2) is 5.78 Å². The summed E-state index contributed by atoms with van der Waals surface area (Å²) < 4.78 is 16.3. The number of Topliss-reactive ketones (excluding diaryl/α,β-unsaturated/α-hetero) is 1. The molecule has 0 saturated heterocycles. The topological polar surface area (TPSA) is 86.7 Å². The molecule has 30 heavy (non-hydrogen) atoms. The first kappa shape index (κ1) is 19.6. The second-order valence-electron chi connectivity index (χ2n) is 8.08. The number of benzene rings is 2. The molecule has 152 valence electrons. The summed E-state index contributed by atoms with van der Waals surface area (Å²) in [6.45, 7) is 5.37. The van der Waals surface area contributed by atoms with Crippen LogP contribution in [0, 0.1) is 5.41 Å². The van der Waals surface area contributed by atoms with Crippen molar-refractivity contribution in [2.45, 2.75) is 20.8 Å². The van der Waals surface area contributed by atoms with Gasteiger partial charge < -0.3 is 13.6 Å². The van der Waals surface area contributed by atoms with Crippen molar-refractivity contribution in [3.05, 3.63) is 75.4 Å². The van der Waals surface area contributed by atoms with E-state index in [1.165, 1.54) is 6.07 Å². The van der Waals surface area contributed by atoms with Gasteiger partial charge in [-0.2, -0.15) is 0 Å². The van der Waals surface area contributed by atoms with Crippen molar-refractivity contribution in [3.8, 4) is 16.9 Å². The van der Waals surface area contributed by atoms with Crippen molar-refractivity contribution in [2.75, 3.05) is 6.61 Å². The standard InChI is InChI=1S/C24H20O6/c1-24(2,3)21(25)13-28-15-8-9-16-17(12-22(26)29-20(16)11-15)18-10-14-6-4-5-7-19(14)30-23(18)27/h4-12H,13H2,1-3H3. The number of ether oxygens (including phenoxy) is 1. The molecule has 0 bridgehead atoms. The molecule has 0 fully saturated rings. The average molecular weight is 404 g/mol. The van der Waals surface area contributed by atoms with E-state index < -0.39 is 16.7 Å². The van der Waals surface area contributed by atoms with Crippen molar-refractivity contribution in [2.24, 2.45) is 5.41 Å². The summed E-state index contributed by atoms with van der Waals surface area (Å²) in [5.41, 5.74) is -0.254. The van der Waals surface area contributed by atoms with E-state index in [4.69, 9.17) is 13.6 Å². The molecule has 0 aliphatic heterocycles. The molecular weight excluding hydrogens is 384 g/mol. The number of rotatable bonds is 4. The summed E-state index contributed by atoms with van der Waals surface area (Å²) in [6, 6.07) is 15.0. The maximum Gasteiger partial charge on any atom is 0.344 e. The van der Waals surface area contributed by atoms with Gasteiger partial charge in [-0.1, -0.05) is 39.0 Å². The molecular formula is C24H20O6. The summed E-state index contributed by atoms with van der Waals surface area (Å²) >= 11 is 0. The Morgan fingerprint density at radius 1 is 0.900 bits per heavy atom. The highest BCUT2D eigenvalue weighted by Gasteiger charge is 2.22. The van der Waals surface area contributed by atoms with E-state index in [2.05, 4.69) is 0 Å². The molecule has 2 aromatic carbocycles. The summed E-state index contributed by atoms with van der Waals surface area (Å²) in [7, 11) is 0. The molecule has 0 saturated carbocycles. The fourth-order valence-electron chi connectivity index (χ4n) is 3.07. The number of hydrogen-bond donors (Lipinski definition) is 0. The number of ketones is 1. The Balaban J connectivity index is 1.79. The van der Waals surface area contributed by atoms with Crippen molar-refractivity contribution >= 4 is 27.7 Å². The van der Waals surface area contributed by atoms with E-state index in [-0.39, 0.29) is 23.5 Å². The number of hydrogen-bond acceptors (Lipinski definition) is 6. The normalized spacial score (nSPS) is 11.7. The van der Waals surface area contributed by atoms with Crippen LogP contribution in [-0.2, 0) is 4.79 Å². The SMILES string of the molecule is CC(C)(C)C(=O)COc1ccc2c(-c3cc4ccccc4oc3=O)cc(=O)oc2c1. The lowest BCUT2D eigenvalue weighted by Crippen LogP contribution is -2.26. The monoisotopic (exact) mass is 404 g/mol. The number of carbonyl (C=O) groups is 1. The summed E-state index contributed by atoms with van der Waals surface area (Å²) in [6.07, 6.45) is 0. The van der Waals surface area contributed by atoms with Crippen LogP contribution in [0.3, 0.4) is 0 Å². The van der Waals surface area contributed by atoms with E-state index in [0.717, 1.165) is 5.39 Å². The fourth-order valence-corrected chi connectivity index (χ4v) is 3.07. The number of fused-ring (bicyclic) bond motifs is 2. The van der Waals surface area contributed by atoms with Crippen molar-refractivity contribution < 1.29 is 18.4 Å². The molecule has 0 spiro atoms. The van der Waals surface area contributed by atoms with Crippen LogP contribution in [0.4, 0.5) is 0 Å². The molecule has 6 nitrogen and oxygen atoms in total. The maximum absolute atomic E-state index is 12.6. The number of carbonyl (C=O) groups excluding carboxylic acids is 1. The second kappa shape index (κ2) is 7.30. The Morgan fingerprint density at radius 2 is 1.67 bits per heavy atom. The molecule has 4 aromatic rings. The van der Waals surface area contributed by atoms with Gasteiger partial charge >= 0.3 is 11.3 Å². The van der Waals surface area contributed by atoms with E-state index in [9.17, 15) is 14.4 Å². The first-order chi connectivity index (χ1) is 14.2.